The molecule has 21 heavy (non-hydrogen) atoms. The van der Waals surface area contributed by atoms with E-state index in [2.05, 4.69) is 4.74 Å². The van der Waals surface area contributed by atoms with Gasteiger partial charge in [0.15, 0.2) is 0 Å². The molecular formula is C15H13NaO5. The maximum atomic E-state index is 11.8. The standard InChI is InChI=1S/C15H12O5.Na.H/c1-19-14(17)10-4-8-13(9-5-10)20-15(18)11-2-6-12(16)7-3-11;;/h2-9,16H,1H3;;/q;+1;-1. The molecule has 0 aliphatic rings. The minimum atomic E-state index is -0.546. The number of carbonyl (C=O) groups excluding carboxylic acids is 2. The average molecular weight is 296 g/mol. The van der Waals surface area contributed by atoms with Crippen LogP contribution in [0.5, 0.6) is 11.5 Å². The molecule has 0 heterocycles. The van der Waals surface area contributed by atoms with Crippen LogP contribution < -0.4 is 34.3 Å². The van der Waals surface area contributed by atoms with Crippen LogP contribution in [0.1, 0.15) is 22.1 Å². The number of hydrogen-bond donors (Lipinski definition) is 1. The number of methoxy groups -OCH3 is 1. The fourth-order valence-electron chi connectivity index (χ4n) is 1.54. The molecule has 0 unspecified atom stereocenters. The summed E-state index contributed by atoms with van der Waals surface area (Å²) >= 11 is 0. The Morgan fingerprint density at radius 1 is 0.905 bits per heavy atom. The maximum Gasteiger partial charge on any atom is 1.00 e. The molecule has 0 aliphatic heterocycles. The maximum absolute atomic E-state index is 11.8. The third-order valence-corrected chi connectivity index (χ3v) is 2.59. The summed E-state index contributed by atoms with van der Waals surface area (Å²) in [5, 5.41) is 9.14. The topological polar surface area (TPSA) is 72.8 Å². The first-order valence-electron chi connectivity index (χ1n) is 5.80. The largest absolute Gasteiger partial charge is 1.00 e. The van der Waals surface area contributed by atoms with Crippen molar-refractivity contribution in [2.75, 3.05) is 7.11 Å². The Balaban J connectivity index is 0.00000220. The zero-order valence-corrected chi connectivity index (χ0v) is 13.7. The fourth-order valence-corrected chi connectivity index (χ4v) is 1.54. The fraction of sp³-hybridized carbons (Fsp3) is 0.0667. The van der Waals surface area contributed by atoms with E-state index in [0.717, 1.165) is 0 Å². The number of benzene rings is 2. The number of phenols is 1. The Kier molecular flexibility index (Phi) is 6.42. The van der Waals surface area contributed by atoms with Crippen molar-refractivity contribution in [2.24, 2.45) is 0 Å². The van der Waals surface area contributed by atoms with Crippen LogP contribution in [0.2, 0.25) is 0 Å². The zero-order valence-electron chi connectivity index (χ0n) is 12.7. The average Bonchev–Trinajstić information content (AvgIpc) is 2.48. The molecule has 0 saturated heterocycles. The van der Waals surface area contributed by atoms with Crippen molar-refractivity contribution < 1.29 is 55.2 Å². The van der Waals surface area contributed by atoms with Crippen LogP contribution in [-0.2, 0) is 4.74 Å². The van der Waals surface area contributed by atoms with E-state index in [-0.39, 0.29) is 36.7 Å². The number of aromatic hydroxyl groups is 1. The Bertz CT molecular complexity index is 625. The first-order chi connectivity index (χ1) is 9.60. The van der Waals surface area contributed by atoms with Crippen molar-refractivity contribution >= 4 is 11.9 Å². The van der Waals surface area contributed by atoms with Gasteiger partial charge in [0, 0.05) is 0 Å². The van der Waals surface area contributed by atoms with Gasteiger partial charge in [-0.15, -0.1) is 0 Å². The number of hydrogen-bond acceptors (Lipinski definition) is 5. The molecule has 6 heteroatoms. The van der Waals surface area contributed by atoms with Gasteiger partial charge in [0.2, 0.25) is 0 Å². The quantitative estimate of drug-likeness (QED) is 0.470. The van der Waals surface area contributed by atoms with E-state index in [9.17, 15) is 9.59 Å². The van der Waals surface area contributed by atoms with Gasteiger partial charge >= 0.3 is 41.5 Å². The minimum Gasteiger partial charge on any atom is -1.00 e. The van der Waals surface area contributed by atoms with Crippen LogP contribution in [0, 0.1) is 0 Å². The molecule has 5 nitrogen and oxygen atoms in total. The van der Waals surface area contributed by atoms with E-state index in [1.54, 1.807) is 0 Å². The molecule has 0 aliphatic carbocycles. The van der Waals surface area contributed by atoms with E-state index in [1.807, 2.05) is 0 Å². The first-order valence-corrected chi connectivity index (χ1v) is 5.80. The number of rotatable bonds is 3. The summed E-state index contributed by atoms with van der Waals surface area (Å²) in [6.07, 6.45) is 0. The summed E-state index contributed by atoms with van der Waals surface area (Å²) in [6, 6.07) is 11.7. The number of carbonyl (C=O) groups is 2. The van der Waals surface area contributed by atoms with Gasteiger partial charge in [-0.3, -0.25) is 0 Å². The third-order valence-electron chi connectivity index (χ3n) is 2.59. The van der Waals surface area contributed by atoms with Crippen molar-refractivity contribution in [1.29, 1.82) is 0 Å². The molecular weight excluding hydrogens is 283 g/mol. The summed E-state index contributed by atoms with van der Waals surface area (Å²) in [6.45, 7) is 0. The predicted molar refractivity (Wildman–Crippen MR) is 72.0 cm³/mol. The van der Waals surface area contributed by atoms with Crippen molar-refractivity contribution in [3.05, 3.63) is 59.7 Å². The van der Waals surface area contributed by atoms with Gasteiger partial charge in [-0.05, 0) is 48.5 Å². The molecule has 0 spiro atoms. The molecule has 0 radical (unpaired) electrons. The van der Waals surface area contributed by atoms with Crippen LogP contribution in [0.15, 0.2) is 48.5 Å². The van der Waals surface area contributed by atoms with Crippen molar-refractivity contribution in [1.82, 2.24) is 0 Å². The Hall–Kier alpha value is -1.82. The van der Waals surface area contributed by atoms with Crippen LogP contribution >= 0.6 is 0 Å². The van der Waals surface area contributed by atoms with Crippen LogP contribution in [0.3, 0.4) is 0 Å². The van der Waals surface area contributed by atoms with Gasteiger partial charge in [-0.25, -0.2) is 9.59 Å². The predicted octanol–water partition coefficient (Wildman–Crippen LogP) is -0.486. The molecule has 104 valence electrons. The Morgan fingerprint density at radius 2 is 1.38 bits per heavy atom. The van der Waals surface area contributed by atoms with Crippen molar-refractivity contribution in [3.63, 3.8) is 0 Å². The smallest absolute Gasteiger partial charge is 1.00 e. The molecule has 2 rings (SSSR count). The van der Waals surface area contributed by atoms with Gasteiger partial charge < -0.3 is 16.0 Å². The summed E-state index contributed by atoms with van der Waals surface area (Å²) in [4.78, 5) is 23.1. The van der Waals surface area contributed by atoms with E-state index in [0.29, 0.717) is 16.9 Å². The van der Waals surface area contributed by atoms with E-state index >= 15 is 0 Å². The minimum absolute atomic E-state index is 0. The summed E-state index contributed by atoms with van der Waals surface area (Å²) < 4.78 is 9.70. The third kappa shape index (κ3) is 4.60. The van der Waals surface area contributed by atoms with Gasteiger partial charge in [0.25, 0.3) is 0 Å². The second-order valence-corrected chi connectivity index (χ2v) is 3.95. The molecule has 1 N–H and O–H groups in total. The van der Waals surface area contributed by atoms with Crippen LogP contribution in [0.25, 0.3) is 0 Å². The molecule has 0 saturated carbocycles. The Morgan fingerprint density at radius 3 is 1.90 bits per heavy atom. The number of esters is 2. The summed E-state index contributed by atoms with van der Waals surface area (Å²) in [5.41, 5.74) is 0.691. The zero-order chi connectivity index (χ0) is 14.5. The van der Waals surface area contributed by atoms with Gasteiger partial charge in [0.05, 0.1) is 18.2 Å². The molecule has 0 fully saturated rings. The number of phenolic OH excluding ortho intramolecular Hbond substituents is 1. The van der Waals surface area contributed by atoms with Crippen molar-refractivity contribution in [2.45, 2.75) is 0 Å². The van der Waals surface area contributed by atoms with Crippen molar-refractivity contribution in [3.8, 4) is 11.5 Å². The van der Waals surface area contributed by atoms with Gasteiger partial charge in [-0.1, -0.05) is 0 Å². The van der Waals surface area contributed by atoms with Crippen LogP contribution in [-0.4, -0.2) is 24.2 Å². The molecule has 0 atom stereocenters. The van der Waals surface area contributed by atoms with Crippen LogP contribution in [0.4, 0.5) is 0 Å². The molecule has 2 aromatic rings. The van der Waals surface area contributed by atoms with Gasteiger partial charge in [-0.2, -0.15) is 0 Å². The SMILES string of the molecule is COC(=O)c1ccc(OC(=O)c2ccc(O)cc2)cc1.[H-].[Na+]. The molecule has 0 bridgehead atoms. The Labute approximate surface area is 145 Å². The normalized spacial score (nSPS) is 9.38. The van der Waals surface area contributed by atoms with E-state index < -0.39 is 11.9 Å². The van der Waals surface area contributed by atoms with E-state index in [1.165, 1.54) is 55.6 Å². The molecule has 0 amide bonds. The summed E-state index contributed by atoms with van der Waals surface area (Å²) in [7, 11) is 1.29. The monoisotopic (exact) mass is 296 g/mol. The molecule has 0 aromatic heterocycles. The summed E-state index contributed by atoms with van der Waals surface area (Å²) in [5.74, 6) is -0.614. The first kappa shape index (κ1) is 17.2. The van der Waals surface area contributed by atoms with E-state index in [4.69, 9.17) is 9.84 Å². The second kappa shape index (κ2) is 7.83. The molecule has 2 aromatic carbocycles. The van der Waals surface area contributed by atoms with Gasteiger partial charge in [0.1, 0.15) is 11.5 Å². The second-order valence-electron chi connectivity index (χ2n) is 3.95. The number of ether oxygens (including phenoxy) is 2.